The molecule has 0 aliphatic rings. The van der Waals surface area contributed by atoms with Gasteiger partial charge in [0.25, 0.3) is 0 Å². The summed E-state index contributed by atoms with van der Waals surface area (Å²) in [6.07, 6.45) is 0.933. The van der Waals surface area contributed by atoms with Crippen molar-refractivity contribution in [2.75, 3.05) is 20.7 Å². The summed E-state index contributed by atoms with van der Waals surface area (Å²) in [6.45, 7) is 1.65. The third-order valence-corrected chi connectivity index (χ3v) is 1.38. The molecule has 0 aliphatic carbocycles. The average molecular weight is 272 g/mol. The molecule has 0 saturated carbocycles. The molecule has 0 saturated heterocycles. The number of ether oxygens (including phenoxy) is 2. The zero-order valence-electron chi connectivity index (χ0n) is 11.1. The van der Waals surface area contributed by atoms with Crippen molar-refractivity contribution in [2.45, 2.75) is 13.2 Å². The summed E-state index contributed by atoms with van der Waals surface area (Å²) in [7, 11) is 4.44. The van der Waals surface area contributed by atoms with E-state index >= 15 is 0 Å². The summed E-state index contributed by atoms with van der Waals surface area (Å²) >= 11 is 0. The summed E-state index contributed by atoms with van der Waals surface area (Å²) in [5.74, 6) is -1.08. The molecule has 105 valence electrons. The Morgan fingerprint density at radius 2 is 1.89 bits per heavy atom. The van der Waals surface area contributed by atoms with E-state index in [1.165, 1.54) is 21.7 Å². The molecular formula is C9H16B2NO7. The minimum absolute atomic E-state index is 0.00958. The molecule has 0 fully saturated rings. The molecule has 0 rings (SSSR count). The number of rotatable bonds is 7. The summed E-state index contributed by atoms with van der Waals surface area (Å²) in [6, 6.07) is 0. The molecule has 1 radical (unpaired) electrons. The second-order valence-corrected chi connectivity index (χ2v) is 2.78. The zero-order valence-corrected chi connectivity index (χ0v) is 11.1. The van der Waals surface area contributed by atoms with Crippen molar-refractivity contribution in [1.29, 1.82) is 0 Å². The Balaban J connectivity index is 0. The van der Waals surface area contributed by atoms with Crippen LogP contribution >= 0.6 is 0 Å². The van der Waals surface area contributed by atoms with Gasteiger partial charge in [0, 0.05) is 11.8 Å². The Morgan fingerprint density at radius 3 is 2.32 bits per heavy atom. The van der Waals surface area contributed by atoms with Gasteiger partial charge in [0.05, 0.1) is 20.6 Å². The van der Waals surface area contributed by atoms with Crippen molar-refractivity contribution in [3.8, 4) is 0 Å². The number of hydrogen-bond acceptors (Lipinski definition) is 8. The fraction of sp³-hybridized carbons (Fsp3) is 0.556. The third-order valence-electron chi connectivity index (χ3n) is 1.38. The molecule has 0 bridgehead atoms. The van der Waals surface area contributed by atoms with Gasteiger partial charge < -0.3 is 15.2 Å². The van der Waals surface area contributed by atoms with Crippen molar-refractivity contribution in [3.63, 3.8) is 0 Å². The van der Waals surface area contributed by atoms with E-state index in [0.29, 0.717) is 7.15 Å². The Morgan fingerprint density at radius 1 is 1.26 bits per heavy atom. The van der Waals surface area contributed by atoms with E-state index in [0.717, 1.165) is 6.08 Å². The predicted octanol–water partition coefficient (Wildman–Crippen LogP) is -0.826. The Hall–Kier alpha value is -1.67. The van der Waals surface area contributed by atoms with Crippen LogP contribution in [0.15, 0.2) is 11.8 Å². The van der Waals surface area contributed by atoms with Crippen LogP contribution in [0.25, 0.3) is 0 Å². The van der Waals surface area contributed by atoms with Gasteiger partial charge >= 0.3 is 54.3 Å². The molecule has 0 unspecified atom stereocenters. The second-order valence-electron chi connectivity index (χ2n) is 2.78. The van der Waals surface area contributed by atoms with E-state index in [2.05, 4.69) is 19.2 Å². The van der Waals surface area contributed by atoms with E-state index < -0.39 is 11.9 Å². The van der Waals surface area contributed by atoms with Gasteiger partial charge in [-0.15, -0.1) is 0 Å². The van der Waals surface area contributed by atoms with Gasteiger partial charge in [-0.1, -0.05) is 0 Å². The zero-order chi connectivity index (χ0) is 15.1. The molecule has 19 heavy (non-hydrogen) atoms. The molecule has 0 heterocycles. The molecular weight excluding hydrogens is 256 g/mol. The van der Waals surface area contributed by atoms with Crippen molar-refractivity contribution < 1.29 is 33.5 Å². The normalized spacial score (nSPS) is 9.53. The molecule has 0 aromatic rings. The number of esters is 2. The second kappa shape index (κ2) is 14.4. The SMILES string of the molecule is COC(=O)/C=C(\N)CC(=O)OC.C[B]OOCB=O. The van der Waals surface area contributed by atoms with E-state index in [4.69, 9.17) is 5.73 Å². The van der Waals surface area contributed by atoms with E-state index in [-0.39, 0.29) is 18.6 Å². The maximum atomic E-state index is 10.6. The molecule has 0 atom stereocenters. The van der Waals surface area contributed by atoms with Crippen LogP contribution < -0.4 is 5.73 Å². The van der Waals surface area contributed by atoms with Crippen molar-refractivity contribution in [2.24, 2.45) is 5.73 Å². The average Bonchev–Trinajstić information content (AvgIpc) is 2.39. The number of carbonyl (C=O) groups excluding carboxylic acids is 2. The van der Waals surface area contributed by atoms with Crippen LogP contribution in [0.2, 0.25) is 6.82 Å². The predicted molar refractivity (Wildman–Crippen MR) is 66.0 cm³/mol. The fourth-order valence-corrected chi connectivity index (χ4v) is 0.635. The van der Waals surface area contributed by atoms with Gasteiger partial charge in [0.1, 0.15) is 0 Å². The Bertz CT molecular complexity index is 309. The Kier molecular flexibility index (Phi) is 14.9. The standard InChI is InChI=1S/C7H11NO4.C2H5B2O3/c1-11-6(9)3-5(8)4-7(10)12-2;1-3-7-6-2-4-5/h3H,4,8H2,1-2H3;2H2,1H3/b5-3-;. The van der Waals surface area contributed by atoms with E-state index in [1.807, 2.05) is 0 Å². The summed E-state index contributed by atoms with van der Waals surface area (Å²) in [4.78, 5) is 29.6. The molecule has 0 aliphatic heterocycles. The van der Waals surface area contributed by atoms with Crippen LogP contribution in [-0.2, 0) is 33.5 Å². The van der Waals surface area contributed by atoms with Crippen molar-refractivity contribution >= 4 is 26.6 Å². The van der Waals surface area contributed by atoms with E-state index in [1.54, 1.807) is 6.82 Å². The number of methoxy groups -OCH3 is 2. The van der Waals surface area contributed by atoms with Gasteiger partial charge in [-0.25, -0.2) is 4.79 Å². The summed E-state index contributed by atoms with van der Waals surface area (Å²) in [5.41, 5.74) is 5.41. The number of carbonyl (C=O) groups is 2. The first-order valence-electron chi connectivity index (χ1n) is 5.12. The molecule has 0 amide bonds. The van der Waals surface area contributed by atoms with Crippen LogP contribution in [0.4, 0.5) is 0 Å². The van der Waals surface area contributed by atoms with Gasteiger partial charge in [-0.05, 0) is 0 Å². The Labute approximate surface area is 112 Å². The van der Waals surface area contributed by atoms with Crippen LogP contribution in [0.5, 0.6) is 0 Å². The maximum absolute atomic E-state index is 10.6. The van der Waals surface area contributed by atoms with Gasteiger partial charge in [-0.3, -0.25) is 4.79 Å². The monoisotopic (exact) mass is 272 g/mol. The minimum atomic E-state index is -0.587. The van der Waals surface area contributed by atoms with Gasteiger partial charge in [0.15, 0.2) is 0 Å². The quantitative estimate of drug-likeness (QED) is 0.159. The fourth-order valence-electron chi connectivity index (χ4n) is 0.635. The molecule has 0 spiro atoms. The van der Waals surface area contributed by atoms with Crippen molar-refractivity contribution in [1.82, 2.24) is 0 Å². The van der Waals surface area contributed by atoms with Crippen LogP contribution in [0.3, 0.4) is 0 Å². The molecule has 10 heteroatoms. The first kappa shape index (κ1) is 19.7. The summed E-state index contributed by atoms with van der Waals surface area (Å²) < 4.78 is 18.1. The first-order valence-corrected chi connectivity index (χ1v) is 5.12. The number of nitrogens with two attached hydrogens (primary N) is 1. The third kappa shape index (κ3) is 16.3. The number of hydrogen-bond donors (Lipinski definition) is 1. The van der Waals surface area contributed by atoms with Gasteiger partial charge in [-0.2, -0.15) is 0 Å². The van der Waals surface area contributed by atoms with Gasteiger partial charge in [0.2, 0.25) is 0 Å². The first-order chi connectivity index (χ1) is 9.01. The van der Waals surface area contributed by atoms with Crippen LogP contribution in [0, 0.1) is 0 Å². The molecule has 0 aromatic heterocycles. The van der Waals surface area contributed by atoms with Crippen molar-refractivity contribution in [3.05, 3.63) is 11.8 Å². The molecule has 2 N–H and O–H groups in total. The molecule has 8 nitrogen and oxygen atoms in total. The summed E-state index contributed by atoms with van der Waals surface area (Å²) in [5, 5.41) is 0. The van der Waals surface area contributed by atoms with E-state index in [9.17, 15) is 14.3 Å². The van der Waals surface area contributed by atoms with Crippen LogP contribution in [-0.4, -0.2) is 47.3 Å². The molecule has 0 aromatic carbocycles. The van der Waals surface area contributed by atoms with Crippen LogP contribution in [0.1, 0.15) is 6.42 Å². The topological polar surface area (TPSA) is 114 Å².